The zero-order chi connectivity index (χ0) is 32.9. The van der Waals surface area contributed by atoms with Crippen molar-refractivity contribution in [1.82, 2.24) is 9.78 Å². The van der Waals surface area contributed by atoms with Crippen molar-refractivity contribution in [3.63, 3.8) is 0 Å². The average molecular weight is 648 g/mol. The van der Waals surface area contributed by atoms with Crippen molar-refractivity contribution in [3.8, 4) is 28.2 Å². The lowest BCUT2D eigenvalue weighted by molar-refractivity contribution is -0.113. The van der Waals surface area contributed by atoms with Crippen LogP contribution in [0.2, 0.25) is 0 Å². The van der Waals surface area contributed by atoms with Gasteiger partial charge in [-0.1, -0.05) is 112 Å². The maximum Gasteiger partial charge on any atom is 0.271 e. The Bertz CT molecular complexity index is 2080. The maximum absolute atomic E-state index is 13.9. The zero-order valence-corrected chi connectivity index (χ0v) is 28.2. The number of fused-ring (bicyclic) bond motifs is 2. The van der Waals surface area contributed by atoms with Gasteiger partial charge in [0.1, 0.15) is 0 Å². The predicted octanol–water partition coefficient (Wildman–Crippen LogP) is 9.89. The summed E-state index contributed by atoms with van der Waals surface area (Å²) in [7, 11) is 0. The maximum atomic E-state index is 13.9. The van der Waals surface area contributed by atoms with Gasteiger partial charge in [-0.05, 0) is 84.3 Å². The Morgan fingerprint density at radius 2 is 1.44 bits per heavy atom. The highest BCUT2D eigenvalue weighted by molar-refractivity contribution is 8.19. The molecule has 1 aliphatic heterocycles. The molecule has 0 radical (unpaired) electrons. The molecule has 5 aromatic rings. The summed E-state index contributed by atoms with van der Waals surface area (Å²) in [6, 6.07) is 40.6. The molecule has 238 valence electrons. The monoisotopic (exact) mass is 647 g/mol. The van der Waals surface area contributed by atoms with Crippen LogP contribution in [0.5, 0.6) is 0 Å². The Morgan fingerprint density at radius 3 is 2.06 bits per heavy atom. The van der Waals surface area contributed by atoms with Gasteiger partial charge in [0.05, 0.1) is 27.7 Å². The summed E-state index contributed by atoms with van der Waals surface area (Å²) < 4.78 is 1.99. The van der Waals surface area contributed by atoms with E-state index in [1.54, 1.807) is 4.90 Å². The first-order valence-electron chi connectivity index (χ1n) is 16.6. The zero-order valence-electron chi connectivity index (χ0n) is 27.4. The summed E-state index contributed by atoms with van der Waals surface area (Å²) >= 11 is 1.38. The lowest BCUT2D eigenvalue weighted by Gasteiger charge is -2.34. The van der Waals surface area contributed by atoms with E-state index in [-0.39, 0.29) is 16.7 Å². The van der Waals surface area contributed by atoms with E-state index < -0.39 is 0 Å². The lowest BCUT2D eigenvalue weighted by Crippen LogP contribution is -2.32. The molecule has 2 atom stereocenters. The normalized spacial score (nSPS) is 24.0. The summed E-state index contributed by atoms with van der Waals surface area (Å²) in [5.74, 6) is 0.540. The molecule has 6 nitrogen and oxygen atoms in total. The largest absolute Gasteiger partial charge is 0.271 e. The molecule has 2 unspecified atom stereocenters. The highest BCUT2D eigenvalue weighted by atomic mass is 32.2. The van der Waals surface area contributed by atoms with Crippen LogP contribution in [-0.2, 0) is 4.79 Å². The standard InChI is InChI=1S/C41H37N5OS/c1-40(2)31-23-24-41(40,3)37(26-31)42-43-39-45(32-17-11-6-12-18-32)38(47)36(48-39)25-28-19-21-33(22-20-28)46-35(30-15-9-5-10-16-30)27-34(44-46)29-13-7-4-8-14-29/h4-22,25,27,31H,23-24,26H2,1-3H3/b36-25-,42-37+,43-39+. The number of hydrogen-bond acceptors (Lipinski definition) is 5. The number of thioether (sulfide) groups is 1. The number of para-hydroxylation sites is 1. The van der Waals surface area contributed by atoms with Crippen LogP contribution in [-0.4, -0.2) is 26.6 Å². The Labute approximate surface area is 285 Å². The van der Waals surface area contributed by atoms with Gasteiger partial charge in [0.15, 0.2) is 0 Å². The number of carbonyl (C=O) groups is 1. The van der Waals surface area contributed by atoms with E-state index in [2.05, 4.69) is 63.2 Å². The first-order chi connectivity index (χ1) is 23.3. The number of amides is 1. The fourth-order valence-corrected chi connectivity index (χ4v) is 8.47. The lowest BCUT2D eigenvalue weighted by atomic mass is 9.70. The number of anilines is 1. The molecule has 2 aliphatic carbocycles. The Kier molecular flexibility index (Phi) is 7.52. The topological polar surface area (TPSA) is 62.9 Å². The third-order valence-electron chi connectivity index (χ3n) is 10.9. The summed E-state index contributed by atoms with van der Waals surface area (Å²) in [5, 5.41) is 15.2. The second kappa shape index (κ2) is 11.9. The molecular weight excluding hydrogens is 611 g/mol. The molecule has 0 N–H and O–H groups in total. The van der Waals surface area contributed by atoms with E-state index in [1.807, 2.05) is 89.6 Å². The minimum atomic E-state index is -0.0975. The van der Waals surface area contributed by atoms with Gasteiger partial charge in [-0.3, -0.25) is 9.69 Å². The molecule has 0 spiro atoms. The molecule has 3 fully saturated rings. The van der Waals surface area contributed by atoms with Crippen LogP contribution < -0.4 is 4.90 Å². The highest BCUT2D eigenvalue weighted by Crippen LogP contribution is 2.64. The first-order valence-corrected chi connectivity index (χ1v) is 17.4. The van der Waals surface area contributed by atoms with Crippen LogP contribution in [0.1, 0.15) is 45.6 Å². The summed E-state index contributed by atoms with van der Waals surface area (Å²) in [6.45, 7) is 7.08. The number of carbonyl (C=O) groups excluding carboxylic acids is 1. The third kappa shape index (κ3) is 5.13. The molecule has 2 bridgehead atoms. The van der Waals surface area contributed by atoms with Gasteiger partial charge in [-0.25, -0.2) is 4.68 Å². The number of rotatable bonds is 6. The van der Waals surface area contributed by atoms with Gasteiger partial charge in [0, 0.05) is 22.3 Å². The van der Waals surface area contributed by atoms with Crippen molar-refractivity contribution in [2.75, 3.05) is 4.90 Å². The molecule has 2 heterocycles. The summed E-state index contributed by atoms with van der Waals surface area (Å²) in [4.78, 5) is 16.2. The van der Waals surface area contributed by atoms with Crippen LogP contribution in [0.3, 0.4) is 0 Å². The summed E-state index contributed by atoms with van der Waals surface area (Å²) in [5.41, 5.74) is 8.14. The SMILES string of the molecule is CC12CCC(C/C1=N\N=C1\S/C(=C\c3ccc(-n4nc(-c5ccccc5)cc4-c4ccccc4)cc3)C(=O)N1c1ccccc1)C2(C)C. The van der Waals surface area contributed by atoms with Crippen molar-refractivity contribution < 1.29 is 4.79 Å². The molecule has 48 heavy (non-hydrogen) atoms. The van der Waals surface area contributed by atoms with Crippen LogP contribution >= 0.6 is 11.8 Å². The van der Waals surface area contributed by atoms with E-state index in [0.29, 0.717) is 16.0 Å². The van der Waals surface area contributed by atoms with Gasteiger partial charge in [-0.15, -0.1) is 5.10 Å². The number of nitrogens with zero attached hydrogens (tertiary/aromatic N) is 5. The van der Waals surface area contributed by atoms with E-state index in [1.165, 1.54) is 18.2 Å². The Balaban J connectivity index is 1.12. The number of amidine groups is 1. The fraction of sp³-hybridized carbons (Fsp3) is 0.220. The average Bonchev–Trinajstić information content (AvgIpc) is 3.81. The second-order valence-corrected chi connectivity index (χ2v) is 14.7. The van der Waals surface area contributed by atoms with E-state index >= 15 is 0 Å². The Hall–Kier alpha value is -5.01. The van der Waals surface area contributed by atoms with Crippen molar-refractivity contribution in [3.05, 3.63) is 132 Å². The molecule has 1 amide bonds. The van der Waals surface area contributed by atoms with E-state index in [9.17, 15) is 4.79 Å². The minimum absolute atomic E-state index is 0.0454. The Morgan fingerprint density at radius 1 is 0.792 bits per heavy atom. The molecule has 8 rings (SSSR count). The molecule has 7 heteroatoms. The summed E-state index contributed by atoms with van der Waals surface area (Å²) in [6.07, 6.45) is 5.31. The molecule has 1 aromatic heterocycles. The first kappa shape index (κ1) is 30.3. The van der Waals surface area contributed by atoms with E-state index in [0.717, 1.165) is 58.0 Å². The smallest absolute Gasteiger partial charge is 0.268 e. The molecule has 3 aliphatic rings. The number of aromatic nitrogens is 2. The quantitative estimate of drug-likeness (QED) is 0.136. The predicted molar refractivity (Wildman–Crippen MR) is 198 cm³/mol. The van der Waals surface area contributed by atoms with Crippen LogP contribution in [0, 0.1) is 16.7 Å². The van der Waals surface area contributed by atoms with Crippen LogP contribution in [0.25, 0.3) is 34.3 Å². The van der Waals surface area contributed by atoms with Crippen molar-refractivity contribution in [1.29, 1.82) is 0 Å². The second-order valence-electron chi connectivity index (χ2n) is 13.7. The highest BCUT2D eigenvalue weighted by Gasteiger charge is 2.60. The van der Waals surface area contributed by atoms with E-state index in [4.69, 9.17) is 15.3 Å². The molecule has 4 aromatic carbocycles. The third-order valence-corrected chi connectivity index (χ3v) is 11.8. The van der Waals surface area contributed by atoms with Crippen molar-refractivity contribution in [2.24, 2.45) is 27.0 Å². The van der Waals surface area contributed by atoms with Crippen molar-refractivity contribution >= 4 is 40.3 Å². The number of hydrogen-bond donors (Lipinski definition) is 0. The molecule has 2 saturated carbocycles. The van der Waals surface area contributed by atoms with Gasteiger partial charge < -0.3 is 0 Å². The minimum Gasteiger partial charge on any atom is -0.268 e. The molecular formula is C41H37N5OS. The van der Waals surface area contributed by atoms with Crippen LogP contribution in [0.15, 0.2) is 136 Å². The van der Waals surface area contributed by atoms with Crippen molar-refractivity contribution in [2.45, 2.75) is 40.0 Å². The van der Waals surface area contributed by atoms with Crippen LogP contribution in [0.4, 0.5) is 5.69 Å². The van der Waals surface area contributed by atoms with Gasteiger partial charge in [-0.2, -0.15) is 10.2 Å². The van der Waals surface area contributed by atoms with Gasteiger partial charge in [0.25, 0.3) is 5.91 Å². The molecule has 1 saturated heterocycles. The van der Waals surface area contributed by atoms with Gasteiger partial charge >= 0.3 is 0 Å². The van der Waals surface area contributed by atoms with Gasteiger partial charge in [0.2, 0.25) is 5.17 Å². The number of benzene rings is 4. The fourth-order valence-electron chi connectivity index (χ4n) is 7.53.